The van der Waals surface area contributed by atoms with Gasteiger partial charge in [0.2, 0.25) is 5.91 Å². The fourth-order valence-electron chi connectivity index (χ4n) is 1.27. The van der Waals surface area contributed by atoms with E-state index in [2.05, 4.69) is 11.6 Å². The van der Waals surface area contributed by atoms with Gasteiger partial charge in [-0.25, -0.2) is 9.78 Å². The van der Waals surface area contributed by atoms with Crippen molar-refractivity contribution in [3.8, 4) is 0 Å². The number of carbonyl (C=O) groups is 2. The van der Waals surface area contributed by atoms with Gasteiger partial charge in [0.25, 0.3) is 0 Å². The van der Waals surface area contributed by atoms with E-state index in [4.69, 9.17) is 5.11 Å². The number of hydrogen-bond acceptors (Lipinski definition) is 3. The van der Waals surface area contributed by atoms with Gasteiger partial charge < -0.3 is 5.11 Å². The molecular weight excluding hydrogens is 208 g/mol. The molecule has 0 bridgehead atoms. The summed E-state index contributed by atoms with van der Waals surface area (Å²) in [6, 6.07) is 2.92. The molecule has 0 atom stereocenters. The second-order valence-corrected chi connectivity index (χ2v) is 3.10. The number of aromatic nitrogens is 1. The maximum atomic E-state index is 11.4. The molecular formula is C11H12N2O3. The van der Waals surface area contributed by atoms with Gasteiger partial charge in [-0.1, -0.05) is 6.08 Å². The fourth-order valence-corrected chi connectivity index (χ4v) is 1.27. The number of nitrogens with zero attached hydrogens (tertiary/aromatic N) is 2. The summed E-state index contributed by atoms with van der Waals surface area (Å²) in [5.41, 5.74) is -0.000417. The Morgan fingerprint density at radius 1 is 1.62 bits per heavy atom. The van der Waals surface area contributed by atoms with Crippen molar-refractivity contribution in [2.24, 2.45) is 0 Å². The topological polar surface area (TPSA) is 70.5 Å². The molecule has 0 aromatic carbocycles. The molecule has 0 spiro atoms. The third kappa shape index (κ3) is 2.44. The molecule has 0 unspecified atom stereocenters. The zero-order valence-corrected chi connectivity index (χ0v) is 8.88. The Morgan fingerprint density at radius 3 is 2.81 bits per heavy atom. The number of aromatic carboxylic acids is 1. The molecule has 1 aromatic rings. The molecule has 5 nitrogen and oxygen atoms in total. The molecule has 1 aromatic heterocycles. The molecule has 1 rings (SSSR count). The summed E-state index contributed by atoms with van der Waals surface area (Å²) in [7, 11) is 0. The van der Waals surface area contributed by atoms with Crippen LogP contribution in [0.4, 0.5) is 5.82 Å². The van der Waals surface area contributed by atoms with Gasteiger partial charge >= 0.3 is 5.97 Å². The zero-order valence-electron chi connectivity index (χ0n) is 8.88. The lowest BCUT2D eigenvalue weighted by molar-refractivity contribution is -0.116. The van der Waals surface area contributed by atoms with Crippen LogP contribution < -0.4 is 4.90 Å². The molecule has 0 aliphatic heterocycles. The van der Waals surface area contributed by atoms with E-state index in [1.54, 1.807) is 0 Å². The van der Waals surface area contributed by atoms with E-state index in [1.807, 2.05) is 0 Å². The highest BCUT2D eigenvalue weighted by molar-refractivity contribution is 5.99. The molecule has 84 valence electrons. The molecule has 1 heterocycles. The monoisotopic (exact) mass is 220 g/mol. The van der Waals surface area contributed by atoms with Gasteiger partial charge in [-0.15, -0.1) is 6.58 Å². The van der Waals surface area contributed by atoms with Crippen LogP contribution in [-0.4, -0.2) is 28.5 Å². The summed E-state index contributed by atoms with van der Waals surface area (Å²) in [5, 5.41) is 8.96. The Bertz CT molecular complexity index is 429. The first-order valence-electron chi connectivity index (χ1n) is 4.65. The number of anilines is 1. The predicted octanol–water partition coefficient (Wildman–Crippen LogP) is 1.32. The van der Waals surface area contributed by atoms with Crippen LogP contribution in [0.1, 0.15) is 17.3 Å². The second kappa shape index (κ2) is 5.06. The molecule has 0 aliphatic rings. The van der Waals surface area contributed by atoms with Crippen molar-refractivity contribution in [2.75, 3.05) is 11.4 Å². The maximum Gasteiger partial charge on any atom is 0.339 e. The molecule has 0 radical (unpaired) electrons. The van der Waals surface area contributed by atoms with Crippen LogP contribution in [0.5, 0.6) is 0 Å². The Balaban J connectivity index is 3.22. The van der Waals surface area contributed by atoms with E-state index >= 15 is 0 Å². The van der Waals surface area contributed by atoms with Crippen LogP contribution in [0.25, 0.3) is 0 Å². The van der Waals surface area contributed by atoms with Crippen molar-refractivity contribution in [1.82, 2.24) is 4.98 Å². The summed E-state index contributed by atoms with van der Waals surface area (Å²) in [5.74, 6) is -1.25. The van der Waals surface area contributed by atoms with Crippen molar-refractivity contribution in [3.05, 3.63) is 36.5 Å². The van der Waals surface area contributed by atoms with Crippen LogP contribution in [0.3, 0.4) is 0 Å². The Labute approximate surface area is 93.0 Å². The molecule has 5 heteroatoms. The summed E-state index contributed by atoms with van der Waals surface area (Å²) < 4.78 is 0. The summed E-state index contributed by atoms with van der Waals surface area (Å²) in [6.45, 7) is 5.09. The maximum absolute atomic E-state index is 11.4. The zero-order chi connectivity index (χ0) is 12.1. The van der Waals surface area contributed by atoms with Crippen LogP contribution in [0.15, 0.2) is 31.0 Å². The average Bonchev–Trinajstić information content (AvgIpc) is 2.25. The standard InChI is InChI=1S/C11H12N2O3/c1-3-7-13(8(2)14)10-9(11(15)16)5-4-6-12-10/h3-6H,1,7H2,2H3,(H,15,16). The lowest BCUT2D eigenvalue weighted by Crippen LogP contribution is -2.30. The van der Waals surface area contributed by atoms with E-state index < -0.39 is 5.97 Å². The van der Waals surface area contributed by atoms with E-state index in [1.165, 1.54) is 36.2 Å². The first kappa shape index (κ1) is 11.9. The van der Waals surface area contributed by atoms with Crippen molar-refractivity contribution >= 4 is 17.7 Å². The molecule has 0 fully saturated rings. The van der Waals surface area contributed by atoms with Crippen molar-refractivity contribution in [2.45, 2.75) is 6.92 Å². The summed E-state index contributed by atoms with van der Waals surface area (Å²) in [4.78, 5) is 27.5. The van der Waals surface area contributed by atoms with E-state index in [9.17, 15) is 9.59 Å². The number of carboxylic acid groups (broad SMARTS) is 1. The fraction of sp³-hybridized carbons (Fsp3) is 0.182. The van der Waals surface area contributed by atoms with Crippen LogP contribution in [0.2, 0.25) is 0 Å². The average molecular weight is 220 g/mol. The van der Waals surface area contributed by atoms with Crippen LogP contribution in [0, 0.1) is 0 Å². The number of amides is 1. The van der Waals surface area contributed by atoms with Gasteiger partial charge in [0.1, 0.15) is 11.4 Å². The van der Waals surface area contributed by atoms with E-state index in [-0.39, 0.29) is 23.8 Å². The van der Waals surface area contributed by atoms with Crippen molar-refractivity contribution in [1.29, 1.82) is 0 Å². The van der Waals surface area contributed by atoms with Gasteiger partial charge in [0, 0.05) is 19.7 Å². The lowest BCUT2D eigenvalue weighted by atomic mass is 10.2. The molecule has 16 heavy (non-hydrogen) atoms. The number of carboxylic acids is 1. The van der Waals surface area contributed by atoms with Crippen LogP contribution >= 0.6 is 0 Å². The molecule has 1 amide bonds. The van der Waals surface area contributed by atoms with Gasteiger partial charge in [-0.2, -0.15) is 0 Å². The Kier molecular flexibility index (Phi) is 3.77. The second-order valence-electron chi connectivity index (χ2n) is 3.10. The third-order valence-electron chi connectivity index (χ3n) is 1.96. The smallest absolute Gasteiger partial charge is 0.339 e. The SMILES string of the molecule is C=CCN(C(C)=O)c1ncccc1C(=O)O. The predicted molar refractivity (Wildman–Crippen MR) is 59.4 cm³/mol. The highest BCUT2D eigenvalue weighted by atomic mass is 16.4. The minimum absolute atomic E-state index is 0.000417. The normalized spacial score (nSPS) is 9.56. The number of rotatable bonds is 4. The first-order chi connectivity index (χ1) is 7.57. The molecule has 0 saturated carbocycles. The van der Waals surface area contributed by atoms with E-state index in [0.717, 1.165) is 0 Å². The highest BCUT2D eigenvalue weighted by Crippen LogP contribution is 2.17. The minimum atomic E-state index is -1.11. The van der Waals surface area contributed by atoms with Crippen molar-refractivity contribution in [3.63, 3.8) is 0 Å². The third-order valence-corrected chi connectivity index (χ3v) is 1.96. The highest BCUT2D eigenvalue weighted by Gasteiger charge is 2.18. The molecule has 0 saturated heterocycles. The quantitative estimate of drug-likeness (QED) is 0.777. The lowest BCUT2D eigenvalue weighted by Gasteiger charge is -2.19. The molecule has 1 N–H and O–H groups in total. The summed E-state index contributed by atoms with van der Waals surface area (Å²) >= 11 is 0. The molecule has 0 aliphatic carbocycles. The van der Waals surface area contributed by atoms with Gasteiger partial charge in [-0.05, 0) is 12.1 Å². The van der Waals surface area contributed by atoms with Gasteiger partial charge in [0.05, 0.1) is 0 Å². The minimum Gasteiger partial charge on any atom is -0.478 e. The van der Waals surface area contributed by atoms with Gasteiger partial charge in [-0.3, -0.25) is 9.69 Å². The number of hydrogen-bond donors (Lipinski definition) is 1. The first-order valence-corrected chi connectivity index (χ1v) is 4.65. The summed E-state index contributed by atoms with van der Waals surface area (Å²) in [6.07, 6.45) is 2.96. The van der Waals surface area contributed by atoms with Crippen LogP contribution in [-0.2, 0) is 4.79 Å². The Hall–Kier alpha value is -2.17. The number of pyridine rings is 1. The van der Waals surface area contributed by atoms with Gasteiger partial charge in [0.15, 0.2) is 0 Å². The van der Waals surface area contributed by atoms with E-state index in [0.29, 0.717) is 0 Å². The van der Waals surface area contributed by atoms with Crippen molar-refractivity contribution < 1.29 is 14.7 Å². The number of carbonyl (C=O) groups excluding carboxylic acids is 1. The Morgan fingerprint density at radius 2 is 2.31 bits per heavy atom. The largest absolute Gasteiger partial charge is 0.478 e.